The molecule has 4 nitrogen and oxygen atoms in total. The van der Waals surface area contributed by atoms with Crippen molar-refractivity contribution in [2.24, 2.45) is 0 Å². The summed E-state index contributed by atoms with van der Waals surface area (Å²) < 4.78 is 0. The first-order chi connectivity index (χ1) is 4.72. The van der Waals surface area contributed by atoms with Gasteiger partial charge in [0, 0.05) is 20.0 Å². The predicted molar refractivity (Wildman–Crippen MR) is 43.2 cm³/mol. The molecule has 0 fully saturated rings. The summed E-state index contributed by atoms with van der Waals surface area (Å²) in [6.45, 7) is 1.90. The highest BCUT2D eigenvalue weighted by Crippen LogP contribution is 1.86. The minimum atomic E-state index is -0.122. The van der Waals surface area contributed by atoms with Crippen molar-refractivity contribution in [1.82, 2.24) is 4.90 Å². The third-order valence-corrected chi connectivity index (χ3v) is 1.19. The van der Waals surface area contributed by atoms with Gasteiger partial charge in [-0.05, 0) is 0 Å². The van der Waals surface area contributed by atoms with Crippen LogP contribution in [0.5, 0.6) is 0 Å². The summed E-state index contributed by atoms with van der Waals surface area (Å²) >= 11 is 0. The van der Waals surface area contributed by atoms with Crippen LogP contribution in [-0.2, 0) is 4.79 Å². The number of amides is 1. The van der Waals surface area contributed by atoms with Gasteiger partial charge in [-0.25, -0.2) is 0 Å². The maximum absolute atomic E-state index is 10.6. The van der Waals surface area contributed by atoms with E-state index in [1.54, 1.807) is 0 Å². The Labute approximate surface area is 67.4 Å². The Morgan fingerprint density at radius 3 is 1.82 bits per heavy atom. The van der Waals surface area contributed by atoms with E-state index in [-0.39, 0.29) is 26.5 Å². The SMILES string of the molecule is C.CC(=O)N(CCO)CCO. The van der Waals surface area contributed by atoms with Gasteiger partial charge in [0.15, 0.2) is 0 Å². The summed E-state index contributed by atoms with van der Waals surface area (Å²) in [6, 6.07) is 0. The molecule has 0 aromatic carbocycles. The van der Waals surface area contributed by atoms with Crippen molar-refractivity contribution >= 4 is 5.91 Å². The number of aliphatic hydroxyl groups excluding tert-OH is 2. The van der Waals surface area contributed by atoms with E-state index in [1.807, 2.05) is 0 Å². The average molecular weight is 163 g/mol. The highest BCUT2D eigenvalue weighted by molar-refractivity contribution is 5.73. The molecule has 0 radical (unpaired) electrons. The molecule has 0 aliphatic heterocycles. The standard InChI is InChI=1S/C6H13NO3.CH4/c1-6(10)7(2-4-8)3-5-9;/h8-9H,2-5H2,1H3;1H4. The summed E-state index contributed by atoms with van der Waals surface area (Å²) in [5, 5.41) is 16.9. The van der Waals surface area contributed by atoms with Crippen molar-refractivity contribution in [2.75, 3.05) is 26.3 Å². The van der Waals surface area contributed by atoms with Gasteiger partial charge in [-0.1, -0.05) is 7.43 Å². The van der Waals surface area contributed by atoms with E-state index in [0.717, 1.165) is 0 Å². The molecule has 0 spiro atoms. The monoisotopic (exact) mass is 163 g/mol. The minimum Gasteiger partial charge on any atom is -0.395 e. The molecule has 4 heteroatoms. The van der Waals surface area contributed by atoms with Crippen molar-refractivity contribution in [2.45, 2.75) is 14.4 Å². The Kier molecular flexibility index (Phi) is 8.87. The summed E-state index contributed by atoms with van der Waals surface area (Å²) in [5.41, 5.74) is 0. The van der Waals surface area contributed by atoms with E-state index in [0.29, 0.717) is 13.1 Å². The third-order valence-electron chi connectivity index (χ3n) is 1.19. The molecule has 0 aromatic rings. The molecule has 0 saturated heterocycles. The molecule has 2 N–H and O–H groups in total. The Hall–Kier alpha value is -0.610. The zero-order chi connectivity index (χ0) is 7.98. The number of nitrogens with zero attached hydrogens (tertiary/aromatic N) is 1. The van der Waals surface area contributed by atoms with E-state index >= 15 is 0 Å². The quantitative estimate of drug-likeness (QED) is 0.585. The van der Waals surface area contributed by atoms with Crippen LogP contribution in [0.4, 0.5) is 0 Å². The molecule has 0 rings (SSSR count). The van der Waals surface area contributed by atoms with Gasteiger partial charge in [0.2, 0.25) is 5.91 Å². The Balaban J connectivity index is 0. The first-order valence-corrected chi connectivity index (χ1v) is 3.19. The van der Waals surface area contributed by atoms with Crippen LogP contribution in [0.3, 0.4) is 0 Å². The van der Waals surface area contributed by atoms with Crippen LogP contribution < -0.4 is 0 Å². The summed E-state index contributed by atoms with van der Waals surface area (Å²) in [6.07, 6.45) is 0. The summed E-state index contributed by atoms with van der Waals surface area (Å²) in [7, 11) is 0. The van der Waals surface area contributed by atoms with Gasteiger partial charge in [-0.15, -0.1) is 0 Å². The van der Waals surface area contributed by atoms with Crippen LogP contribution >= 0.6 is 0 Å². The van der Waals surface area contributed by atoms with Crippen LogP contribution in [0.15, 0.2) is 0 Å². The topological polar surface area (TPSA) is 60.8 Å². The third kappa shape index (κ3) is 5.82. The van der Waals surface area contributed by atoms with Gasteiger partial charge >= 0.3 is 0 Å². The van der Waals surface area contributed by atoms with Crippen LogP contribution in [0, 0.1) is 0 Å². The maximum Gasteiger partial charge on any atom is 0.219 e. The Morgan fingerprint density at radius 2 is 1.64 bits per heavy atom. The highest BCUT2D eigenvalue weighted by atomic mass is 16.3. The van der Waals surface area contributed by atoms with Crippen LogP contribution in [0.25, 0.3) is 0 Å². The number of hydrogen-bond donors (Lipinski definition) is 2. The van der Waals surface area contributed by atoms with Gasteiger partial charge < -0.3 is 15.1 Å². The fourth-order valence-electron chi connectivity index (χ4n) is 0.668. The first kappa shape index (κ1) is 13.0. The van der Waals surface area contributed by atoms with E-state index in [4.69, 9.17) is 10.2 Å². The van der Waals surface area contributed by atoms with Crippen molar-refractivity contribution in [3.8, 4) is 0 Å². The van der Waals surface area contributed by atoms with Gasteiger partial charge in [0.1, 0.15) is 0 Å². The fourth-order valence-corrected chi connectivity index (χ4v) is 0.668. The maximum atomic E-state index is 10.6. The molecule has 0 aliphatic carbocycles. The fraction of sp³-hybridized carbons (Fsp3) is 0.857. The molecule has 0 atom stereocenters. The number of carbonyl (C=O) groups is 1. The predicted octanol–water partition coefficient (Wildman–Crippen LogP) is -0.544. The van der Waals surface area contributed by atoms with E-state index in [2.05, 4.69) is 0 Å². The molecule has 11 heavy (non-hydrogen) atoms. The number of hydrogen-bond acceptors (Lipinski definition) is 3. The second-order valence-electron chi connectivity index (χ2n) is 1.95. The van der Waals surface area contributed by atoms with Crippen molar-refractivity contribution in [3.63, 3.8) is 0 Å². The Morgan fingerprint density at radius 1 is 1.27 bits per heavy atom. The second-order valence-corrected chi connectivity index (χ2v) is 1.95. The molecule has 1 amide bonds. The number of rotatable bonds is 4. The molecule has 0 unspecified atom stereocenters. The molecular formula is C7H17NO3. The molecular weight excluding hydrogens is 146 g/mol. The van der Waals surface area contributed by atoms with E-state index in [1.165, 1.54) is 11.8 Å². The normalized spacial score (nSPS) is 8.64. The van der Waals surface area contributed by atoms with Crippen molar-refractivity contribution < 1.29 is 15.0 Å². The van der Waals surface area contributed by atoms with Crippen molar-refractivity contribution in [1.29, 1.82) is 0 Å². The zero-order valence-corrected chi connectivity index (χ0v) is 6.08. The number of carbonyl (C=O) groups excluding carboxylic acids is 1. The minimum absolute atomic E-state index is 0. The summed E-state index contributed by atoms with van der Waals surface area (Å²) in [4.78, 5) is 12.0. The Bertz CT molecular complexity index is 99.9. The van der Waals surface area contributed by atoms with Gasteiger partial charge in [-0.3, -0.25) is 4.79 Å². The zero-order valence-electron chi connectivity index (χ0n) is 6.08. The smallest absolute Gasteiger partial charge is 0.219 e. The molecule has 0 saturated carbocycles. The highest BCUT2D eigenvalue weighted by Gasteiger charge is 2.04. The molecule has 0 aliphatic rings. The molecule has 0 heterocycles. The van der Waals surface area contributed by atoms with Crippen LogP contribution in [0.1, 0.15) is 14.4 Å². The lowest BCUT2D eigenvalue weighted by Gasteiger charge is -2.17. The summed E-state index contributed by atoms with van der Waals surface area (Å²) in [5.74, 6) is -0.122. The lowest BCUT2D eigenvalue weighted by atomic mass is 10.4. The lowest BCUT2D eigenvalue weighted by Crippen LogP contribution is -2.33. The van der Waals surface area contributed by atoms with Gasteiger partial charge in [-0.2, -0.15) is 0 Å². The van der Waals surface area contributed by atoms with Crippen molar-refractivity contribution in [3.05, 3.63) is 0 Å². The largest absolute Gasteiger partial charge is 0.395 e. The average Bonchev–Trinajstić information content (AvgIpc) is 1.87. The van der Waals surface area contributed by atoms with Gasteiger partial charge in [0.25, 0.3) is 0 Å². The van der Waals surface area contributed by atoms with Crippen LogP contribution in [-0.4, -0.2) is 47.3 Å². The van der Waals surface area contributed by atoms with Gasteiger partial charge in [0.05, 0.1) is 13.2 Å². The lowest BCUT2D eigenvalue weighted by molar-refractivity contribution is -0.129. The molecule has 0 bridgehead atoms. The second kappa shape index (κ2) is 7.50. The molecule has 68 valence electrons. The number of aliphatic hydroxyl groups is 2. The van der Waals surface area contributed by atoms with E-state index < -0.39 is 0 Å². The van der Waals surface area contributed by atoms with E-state index in [9.17, 15) is 4.79 Å². The first-order valence-electron chi connectivity index (χ1n) is 3.19. The van der Waals surface area contributed by atoms with Crippen LogP contribution in [0.2, 0.25) is 0 Å². The molecule has 0 aromatic heterocycles.